The number of Topliss-reactive ketones (excluding diaryl/α,β-unsaturated/α-hetero) is 1. The second-order valence-corrected chi connectivity index (χ2v) is 5.12. The molecule has 3 rings (SSSR count). The molecule has 0 aromatic heterocycles. The molecular weight excluding hydrogens is 296 g/mol. The lowest BCUT2D eigenvalue weighted by molar-refractivity contribution is 0.101. The predicted octanol–water partition coefficient (Wildman–Crippen LogP) is 3.60. The molecule has 5 nitrogen and oxygen atoms in total. The lowest BCUT2D eigenvalue weighted by Crippen LogP contribution is -2.03. The summed E-state index contributed by atoms with van der Waals surface area (Å²) in [4.78, 5) is 11.6. The van der Waals surface area contributed by atoms with Crippen LogP contribution < -0.4 is 18.9 Å². The Morgan fingerprint density at radius 3 is 2.70 bits per heavy atom. The number of benzene rings is 2. The average Bonchev–Trinajstić information content (AvgIpc) is 3.01. The van der Waals surface area contributed by atoms with Crippen molar-refractivity contribution in [2.75, 3.05) is 13.4 Å². The van der Waals surface area contributed by atoms with E-state index in [9.17, 15) is 4.79 Å². The molecule has 0 amide bonds. The molecule has 23 heavy (non-hydrogen) atoms. The van der Waals surface area contributed by atoms with Crippen molar-refractivity contribution in [3.05, 3.63) is 47.5 Å². The van der Waals surface area contributed by atoms with Gasteiger partial charge in [-0.15, -0.1) is 0 Å². The van der Waals surface area contributed by atoms with Crippen molar-refractivity contribution >= 4 is 5.78 Å². The van der Waals surface area contributed by atoms with Crippen LogP contribution in [0.3, 0.4) is 0 Å². The molecule has 0 saturated heterocycles. The summed E-state index contributed by atoms with van der Waals surface area (Å²) in [7, 11) is 0. The zero-order valence-electron chi connectivity index (χ0n) is 13.1. The number of carbonyl (C=O) groups excluding carboxylic acids is 1. The third kappa shape index (κ3) is 3.39. The first-order valence-electron chi connectivity index (χ1n) is 7.46. The molecule has 0 aliphatic carbocycles. The SMILES string of the molecule is CCOc1ccc(C(C)=O)cc1COc1ccc2c(c1)OCO2. The largest absolute Gasteiger partial charge is 0.493 e. The predicted molar refractivity (Wildman–Crippen MR) is 84.5 cm³/mol. The van der Waals surface area contributed by atoms with Crippen molar-refractivity contribution in [1.82, 2.24) is 0 Å². The van der Waals surface area contributed by atoms with Crippen LogP contribution in [0.4, 0.5) is 0 Å². The van der Waals surface area contributed by atoms with Gasteiger partial charge >= 0.3 is 0 Å². The Kier molecular flexibility index (Phi) is 4.37. The van der Waals surface area contributed by atoms with E-state index in [1.54, 1.807) is 24.3 Å². The first kappa shape index (κ1) is 15.2. The molecule has 0 spiro atoms. The van der Waals surface area contributed by atoms with Gasteiger partial charge in [-0.1, -0.05) is 0 Å². The molecular formula is C18H18O5. The highest BCUT2D eigenvalue weighted by Crippen LogP contribution is 2.35. The zero-order valence-corrected chi connectivity index (χ0v) is 13.1. The van der Waals surface area contributed by atoms with E-state index in [-0.39, 0.29) is 12.6 Å². The Labute approximate surface area is 134 Å². The number of fused-ring (bicyclic) bond motifs is 1. The minimum absolute atomic E-state index is 0.0115. The van der Waals surface area contributed by atoms with E-state index in [0.29, 0.717) is 36.0 Å². The molecule has 5 heteroatoms. The standard InChI is InChI=1S/C18H18O5/c1-3-20-16-6-4-13(12(2)19)8-14(16)10-21-15-5-7-17-18(9-15)23-11-22-17/h4-9H,3,10-11H2,1-2H3. The first-order valence-corrected chi connectivity index (χ1v) is 7.46. The van der Waals surface area contributed by atoms with Crippen LogP contribution in [-0.2, 0) is 6.61 Å². The van der Waals surface area contributed by atoms with Gasteiger partial charge in [0.05, 0.1) is 6.61 Å². The minimum atomic E-state index is 0.0115. The van der Waals surface area contributed by atoms with Gasteiger partial charge in [-0.05, 0) is 44.2 Å². The second-order valence-electron chi connectivity index (χ2n) is 5.12. The molecule has 1 heterocycles. The molecule has 2 aromatic carbocycles. The quantitative estimate of drug-likeness (QED) is 0.763. The second kappa shape index (κ2) is 6.60. The van der Waals surface area contributed by atoms with Gasteiger partial charge in [-0.3, -0.25) is 4.79 Å². The van der Waals surface area contributed by atoms with Crippen molar-refractivity contribution < 1.29 is 23.7 Å². The molecule has 0 saturated carbocycles. The Balaban J connectivity index is 1.78. The normalized spacial score (nSPS) is 12.1. The molecule has 0 N–H and O–H groups in total. The van der Waals surface area contributed by atoms with Gasteiger partial charge in [0.15, 0.2) is 17.3 Å². The Morgan fingerprint density at radius 1 is 1.09 bits per heavy atom. The summed E-state index contributed by atoms with van der Waals surface area (Å²) in [6.45, 7) is 4.54. The smallest absolute Gasteiger partial charge is 0.231 e. The molecule has 0 fully saturated rings. The number of ether oxygens (including phenoxy) is 4. The van der Waals surface area contributed by atoms with E-state index in [0.717, 1.165) is 11.3 Å². The highest BCUT2D eigenvalue weighted by molar-refractivity contribution is 5.94. The highest BCUT2D eigenvalue weighted by atomic mass is 16.7. The topological polar surface area (TPSA) is 54.0 Å². The Morgan fingerprint density at radius 2 is 1.91 bits per heavy atom. The van der Waals surface area contributed by atoms with Gasteiger partial charge in [0.2, 0.25) is 6.79 Å². The van der Waals surface area contributed by atoms with Gasteiger partial charge in [-0.2, -0.15) is 0 Å². The van der Waals surface area contributed by atoms with E-state index < -0.39 is 0 Å². The summed E-state index contributed by atoms with van der Waals surface area (Å²) >= 11 is 0. The zero-order chi connectivity index (χ0) is 16.2. The maximum Gasteiger partial charge on any atom is 0.231 e. The maximum atomic E-state index is 11.6. The van der Waals surface area contributed by atoms with Crippen LogP contribution in [0.25, 0.3) is 0 Å². The number of hydrogen-bond acceptors (Lipinski definition) is 5. The number of ketones is 1. The fraction of sp³-hybridized carbons (Fsp3) is 0.278. The molecule has 0 unspecified atom stereocenters. The van der Waals surface area contributed by atoms with Crippen LogP contribution in [-0.4, -0.2) is 19.2 Å². The monoisotopic (exact) mass is 314 g/mol. The fourth-order valence-corrected chi connectivity index (χ4v) is 2.34. The molecule has 1 aliphatic heterocycles. The summed E-state index contributed by atoms with van der Waals surface area (Å²) in [5.41, 5.74) is 1.47. The lowest BCUT2D eigenvalue weighted by atomic mass is 10.1. The van der Waals surface area contributed by atoms with Crippen molar-refractivity contribution in [3.63, 3.8) is 0 Å². The summed E-state index contributed by atoms with van der Waals surface area (Å²) in [5, 5.41) is 0. The van der Waals surface area contributed by atoms with Gasteiger partial charge < -0.3 is 18.9 Å². The summed E-state index contributed by atoms with van der Waals surface area (Å²) in [6.07, 6.45) is 0. The van der Waals surface area contributed by atoms with E-state index in [2.05, 4.69) is 0 Å². The van der Waals surface area contributed by atoms with Gasteiger partial charge in [0.25, 0.3) is 0 Å². The molecule has 2 aromatic rings. The third-order valence-corrected chi connectivity index (χ3v) is 3.51. The fourth-order valence-electron chi connectivity index (χ4n) is 2.34. The van der Waals surface area contributed by atoms with E-state index in [1.807, 2.05) is 19.1 Å². The van der Waals surface area contributed by atoms with Crippen molar-refractivity contribution in [2.24, 2.45) is 0 Å². The molecule has 0 atom stereocenters. The van der Waals surface area contributed by atoms with Gasteiger partial charge in [0.1, 0.15) is 18.1 Å². The van der Waals surface area contributed by atoms with Crippen LogP contribution in [0, 0.1) is 0 Å². The van der Waals surface area contributed by atoms with Crippen molar-refractivity contribution in [3.8, 4) is 23.0 Å². The first-order chi connectivity index (χ1) is 11.2. The van der Waals surface area contributed by atoms with Gasteiger partial charge in [-0.25, -0.2) is 0 Å². The van der Waals surface area contributed by atoms with Gasteiger partial charge in [0, 0.05) is 17.2 Å². The highest BCUT2D eigenvalue weighted by Gasteiger charge is 2.14. The summed E-state index contributed by atoms with van der Waals surface area (Å²) in [6, 6.07) is 10.8. The lowest BCUT2D eigenvalue weighted by Gasteiger charge is -2.13. The minimum Gasteiger partial charge on any atom is -0.493 e. The van der Waals surface area contributed by atoms with E-state index in [1.165, 1.54) is 6.92 Å². The van der Waals surface area contributed by atoms with E-state index >= 15 is 0 Å². The number of carbonyl (C=O) groups is 1. The Hall–Kier alpha value is -2.69. The van der Waals surface area contributed by atoms with E-state index in [4.69, 9.17) is 18.9 Å². The number of rotatable bonds is 6. The van der Waals surface area contributed by atoms with Crippen molar-refractivity contribution in [1.29, 1.82) is 0 Å². The molecule has 0 radical (unpaired) electrons. The molecule has 120 valence electrons. The molecule has 1 aliphatic rings. The Bertz CT molecular complexity index is 723. The van der Waals surface area contributed by atoms with Crippen LogP contribution in [0.5, 0.6) is 23.0 Å². The van der Waals surface area contributed by atoms with Crippen LogP contribution in [0.2, 0.25) is 0 Å². The third-order valence-electron chi connectivity index (χ3n) is 3.51. The van der Waals surface area contributed by atoms with Crippen molar-refractivity contribution in [2.45, 2.75) is 20.5 Å². The molecule has 0 bridgehead atoms. The maximum absolute atomic E-state index is 11.6. The number of hydrogen-bond donors (Lipinski definition) is 0. The van der Waals surface area contributed by atoms with Crippen LogP contribution in [0.15, 0.2) is 36.4 Å². The van der Waals surface area contributed by atoms with Crippen LogP contribution in [0.1, 0.15) is 29.8 Å². The summed E-state index contributed by atoms with van der Waals surface area (Å²) in [5.74, 6) is 2.79. The van der Waals surface area contributed by atoms with Crippen LogP contribution >= 0.6 is 0 Å². The average molecular weight is 314 g/mol. The summed E-state index contributed by atoms with van der Waals surface area (Å²) < 4.78 is 22.0.